The molecular formula is C29H28N2O8S. The summed E-state index contributed by atoms with van der Waals surface area (Å²) in [5, 5.41) is 0. The van der Waals surface area contributed by atoms with Crippen LogP contribution in [0.5, 0.6) is 23.0 Å². The first-order valence-corrected chi connectivity index (χ1v) is 12.9. The first kappa shape index (κ1) is 28.4. The zero-order valence-electron chi connectivity index (χ0n) is 22.7. The van der Waals surface area contributed by atoms with Crippen molar-refractivity contribution in [1.82, 2.24) is 4.57 Å². The van der Waals surface area contributed by atoms with Crippen LogP contribution in [0.15, 0.2) is 70.1 Å². The Kier molecular flexibility index (Phi) is 8.54. The number of thiazole rings is 1. The fourth-order valence-corrected chi connectivity index (χ4v) is 5.34. The number of methoxy groups -OCH3 is 3. The zero-order chi connectivity index (χ0) is 29.0. The van der Waals surface area contributed by atoms with Crippen molar-refractivity contribution in [2.45, 2.75) is 19.9 Å². The number of rotatable bonds is 9. The molecule has 1 aliphatic rings. The Bertz CT molecular complexity index is 1700. The predicted octanol–water partition coefficient (Wildman–Crippen LogP) is 2.92. The molecule has 0 N–H and O–H groups in total. The summed E-state index contributed by atoms with van der Waals surface area (Å²) in [5.41, 5.74) is 1.54. The van der Waals surface area contributed by atoms with E-state index in [9.17, 15) is 14.4 Å². The minimum Gasteiger partial charge on any atom is -0.493 e. The fourth-order valence-electron chi connectivity index (χ4n) is 4.30. The van der Waals surface area contributed by atoms with E-state index in [1.165, 1.54) is 50.2 Å². The molecule has 10 nitrogen and oxygen atoms in total. The third kappa shape index (κ3) is 5.55. The molecule has 3 aromatic rings. The van der Waals surface area contributed by atoms with Gasteiger partial charge in [0.15, 0.2) is 27.8 Å². The van der Waals surface area contributed by atoms with Crippen LogP contribution >= 0.6 is 11.3 Å². The normalized spacial score (nSPS) is 14.6. The molecule has 0 spiro atoms. The van der Waals surface area contributed by atoms with Crippen LogP contribution in [-0.2, 0) is 14.3 Å². The van der Waals surface area contributed by atoms with Gasteiger partial charge in [-0.1, -0.05) is 36.1 Å². The van der Waals surface area contributed by atoms with Gasteiger partial charge in [-0.05, 0) is 48.4 Å². The van der Waals surface area contributed by atoms with E-state index >= 15 is 0 Å². The lowest BCUT2D eigenvalue weighted by Crippen LogP contribution is -2.40. The molecule has 208 valence electrons. The molecule has 0 aliphatic carbocycles. The highest BCUT2D eigenvalue weighted by molar-refractivity contribution is 7.07. The number of carbonyl (C=O) groups excluding carboxylic acids is 2. The Morgan fingerprint density at radius 2 is 1.70 bits per heavy atom. The van der Waals surface area contributed by atoms with Gasteiger partial charge in [0.2, 0.25) is 0 Å². The Labute approximate surface area is 234 Å². The van der Waals surface area contributed by atoms with Crippen LogP contribution in [0.25, 0.3) is 6.08 Å². The number of aromatic nitrogens is 1. The monoisotopic (exact) mass is 564 g/mol. The highest BCUT2D eigenvalue weighted by atomic mass is 32.1. The Morgan fingerprint density at radius 3 is 2.35 bits per heavy atom. The van der Waals surface area contributed by atoms with Crippen molar-refractivity contribution in [2.75, 3.05) is 27.9 Å². The lowest BCUT2D eigenvalue weighted by molar-refractivity contribution is -0.138. The highest BCUT2D eigenvalue weighted by Gasteiger charge is 2.34. The molecule has 1 aromatic heterocycles. The number of esters is 2. The van der Waals surface area contributed by atoms with E-state index < -0.39 is 18.0 Å². The summed E-state index contributed by atoms with van der Waals surface area (Å²) in [6, 6.07) is 9.31. The fraction of sp³-hybridized carbons (Fsp3) is 0.241. The molecule has 0 radical (unpaired) electrons. The molecule has 0 fully saturated rings. The third-order valence-corrected chi connectivity index (χ3v) is 7.02. The summed E-state index contributed by atoms with van der Waals surface area (Å²) in [7, 11) is 4.49. The first-order chi connectivity index (χ1) is 19.2. The van der Waals surface area contributed by atoms with Crippen LogP contribution in [0, 0.1) is 0 Å². The molecule has 1 atom stereocenters. The van der Waals surface area contributed by atoms with E-state index in [2.05, 4.69) is 11.6 Å². The smallest absolute Gasteiger partial charge is 0.338 e. The second-order valence-electron chi connectivity index (χ2n) is 8.59. The van der Waals surface area contributed by atoms with Gasteiger partial charge in [-0.3, -0.25) is 14.2 Å². The second kappa shape index (κ2) is 12.0. The van der Waals surface area contributed by atoms with E-state index in [1.807, 2.05) is 0 Å². The lowest BCUT2D eigenvalue weighted by Gasteiger charge is -2.25. The van der Waals surface area contributed by atoms with Crippen LogP contribution in [0.2, 0.25) is 0 Å². The number of ether oxygens (including phenoxy) is 5. The quantitative estimate of drug-likeness (QED) is 0.221. The molecule has 0 amide bonds. The number of carbonyl (C=O) groups is 2. The minimum absolute atomic E-state index is 0.00383. The van der Waals surface area contributed by atoms with Gasteiger partial charge in [-0.2, -0.15) is 0 Å². The van der Waals surface area contributed by atoms with Crippen molar-refractivity contribution in [3.8, 4) is 23.0 Å². The van der Waals surface area contributed by atoms with Crippen molar-refractivity contribution >= 4 is 29.4 Å². The molecule has 1 aliphatic heterocycles. The molecular weight excluding hydrogens is 536 g/mol. The molecule has 0 bridgehead atoms. The number of benzene rings is 2. The molecule has 0 saturated carbocycles. The second-order valence-corrected chi connectivity index (χ2v) is 9.60. The maximum atomic E-state index is 13.9. The van der Waals surface area contributed by atoms with E-state index in [-0.39, 0.29) is 23.5 Å². The number of hydrogen-bond donors (Lipinski definition) is 0. The van der Waals surface area contributed by atoms with E-state index in [0.717, 1.165) is 0 Å². The number of nitrogens with zero attached hydrogens (tertiary/aromatic N) is 2. The minimum atomic E-state index is -0.837. The molecule has 2 aromatic carbocycles. The van der Waals surface area contributed by atoms with Gasteiger partial charge in [0, 0.05) is 6.92 Å². The first-order valence-electron chi connectivity index (χ1n) is 12.1. The van der Waals surface area contributed by atoms with Crippen LogP contribution in [0.1, 0.15) is 31.0 Å². The lowest BCUT2D eigenvalue weighted by atomic mass is 9.95. The largest absolute Gasteiger partial charge is 0.493 e. The van der Waals surface area contributed by atoms with E-state index in [4.69, 9.17) is 23.7 Å². The van der Waals surface area contributed by atoms with Crippen LogP contribution in [-0.4, -0.2) is 44.4 Å². The van der Waals surface area contributed by atoms with Crippen LogP contribution < -0.4 is 33.8 Å². The molecule has 4 rings (SSSR count). The standard InChI is InChI=1S/C29H28N2O8S/c1-7-12-38-28(34)25-16(2)30-29-31(26(25)19-9-11-20(35-4)23(15-19)37-6)27(33)24(40-29)14-18-8-10-21(39-17(3)32)22(13-18)36-5/h7-11,13-15,26H,1,12H2,2-6H3. The van der Waals surface area contributed by atoms with Gasteiger partial charge in [0.25, 0.3) is 5.56 Å². The number of fused-ring (bicyclic) bond motifs is 1. The van der Waals surface area contributed by atoms with Gasteiger partial charge in [-0.15, -0.1) is 0 Å². The van der Waals surface area contributed by atoms with E-state index in [0.29, 0.717) is 43.4 Å². The van der Waals surface area contributed by atoms with Gasteiger partial charge in [0.05, 0.1) is 43.2 Å². The summed E-state index contributed by atoms with van der Waals surface area (Å²) in [6.45, 7) is 6.61. The SMILES string of the molecule is C=CCOC(=O)C1=C(C)N=c2sc(=Cc3ccc(OC(C)=O)c(OC)c3)c(=O)n2C1c1ccc(OC)c(OC)c1. The molecule has 1 unspecified atom stereocenters. The Morgan fingerprint density at radius 1 is 1.02 bits per heavy atom. The topological polar surface area (TPSA) is 115 Å². The maximum absolute atomic E-state index is 13.9. The Balaban J connectivity index is 1.91. The zero-order valence-corrected chi connectivity index (χ0v) is 23.5. The molecule has 2 heterocycles. The number of allylic oxidation sites excluding steroid dienone is 1. The van der Waals surface area contributed by atoms with Gasteiger partial charge in [0.1, 0.15) is 6.61 Å². The van der Waals surface area contributed by atoms with Crippen LogP contribution in [0.3, 0.4) is 0 Å². The molecule has 40 heavy (non-hydrogen) atoms. The summed E-state index contributed by atoms with van der Waals surface area (Å²) in [5.74, 6) is 0.452. The average molecular weight is 565 g/mol. The number of hydrogen-bond acceptors (Lipinski definition) is 10. The maximum Gasteiger partial charge on any atom is 0.338 e. The summed E-state index contributed by atoms with van der Waals surface area (Å²) in [4.78, 5) is 43.5. The Hall–Kier alpha value is -4.64. The van der Waals surface area contributed by atoms with Gasteiger partial charge >= 0.3 is 11.9 Å². The van der Waals surface area contributed by atoms with Crippen molar-refractivity contribution in [3.63, 3.8) is 0 Å². The molecule has 0 saturated heterocycles. The van der Waals surface area contributed by atoms with Crippen molar-refractivity contribution < 1.29 is 33.3 Å². The summed E-state index contributed by atoms with van der Waals surface area (Å²) in [6.07, 6.45) is 3.15. The van der Waals surface area contributed by atoms with Gasteiger partial charge in [-0.25, -0.2) is 9.79 Å². The molecule has 11 heteroatoms. The van der Waals surface area contributed by atoms with Crippen molar-refractivity contribution in [3.05, 3.63) is 91.1 Å². The van der Waals surface area contributed by atoms with Gasteiger partial charge < -0.3 is 23.7 Å². The van der Waals surface area contributed by atoms with Crippen LogP contribution in [0.4, 0.5) is 0 Å². The summed E-state index contributed by atoms with van der Waals surface area (Å²) >= 11 is 1.18. The third-order valence-electron chi connectivity index (χ3n) is 6.04. The predicted molar refractivity (Wildman–Crippen MR) is 149 cm³/mol. The average Bonchev–Trinajstić information content (AvgIpc) is 3.24. The summed E-state index contributed by atoms with van der Waals surface area (Å²) < 4.78 is 28.6. The van der Waals surface area contributed by atoms with Crippen molar-refractivity contribution in [1.29, 1.82) is 0 Å². The van der Waals surface area contributed by atoms with E-state index in [1.54, 1.807) is 49.4 Å². The highest BCUT2D eigenvalue weighted by Crippen LogP contribution is 2.36. The van der Waals surface area contributed by atoms with Crippen molar-refractivity contribution in [2.24, 2.45) is 4.99 Å².